The number of rotatable bonds is 1. The lowest BCUT2D eigenvalue weighted by Gasteiger charge is -2.22. The molecule has 0 aromatic carbocycles. The molecule has 0 amide bonds. The summed E-state index contributed by atoms with van der Waals surface area (Å²) in [4.78, 5) is 3.47. The molecule has 74 valence electrons. The maximum atomic E-state index is 2.42. The Hall–Kier alpha value is 0.557. The van der Waals surface area contributed by atoms with E-state index in [1.807, 2.05) is 0 Å². The van der Waals surface area contributed by atoms with E-state index in [0.717, 1.165) is 9.13 Å². The zero-order chi connectivity index (χ0) is 10.3. The normalized spacial score (nSPS) is 18.0. The van der Waals surface area contributed by atoms with Gasteiger partial charge in [-0.25, -0.2) is 4.92 Å². The molecule has 0 unspecified atom stereocenters. The molecule has 1 rings (SSSR count). The molecule has 0 atom stereocenters. The van der Waals surface area contributed by atoms with Gasteiger partial charge < -0.3 is 9.13 Å². The number of allylic oxidation sites excluding steroid dienone is 2. The predicted molar refractivity (Wildman–Crippen MR) is 74.3 cm³/mol. The van der Waals surface area contributed by atoms with E-state index in [-0.39, 0.29) is 0 Å². The van der Waals surface area contributed by atoms with Crippen molar-refractivity contribution in [2.45, 2.75) is 0 Å². The van der Waals surface area contributed by atoms with Gasteiger partial charge in [0, 0.05) is 20.0 Å². The van der Waals surface area contributed by atoms with Gasteiger partial charge in [-0.05, 0) is 27.3 Å². The number of hydrogen-bond acceptors (Lipinski definition) is 0. The van der Waals surface area contributed by atoms with Crippen LogP contribution in [-0.4, -0.2) is 58.9 Å². The molecule has 13 heavy (non-hydrogen) atoms. The molecule has 1 aliphatic rings. The Bertz CT molecular complexity index is 315. The van der Waals surface area contributed by atoms with Gasteiger partial charge in [0.15, 0.2) is 0 Å². The summed E-state index contributed by atoms with van der Waals surface area (Å²) in [7, 11) is 0.284. The average molecular weight is 230 g/mol. The van der Waals surface area contributed by atoms with Gasteiger partial charge in [0.1, 0.15) is 0 Å². The third-order valence-electron chi connectivity index (χ3n) is 2.10. The minimum absolute atomic E-state index is 0.731. The molecule has 0 bridgehead atoms. The predicted octanol–water partition coefficient (Wildman–Crippen LogP) is 2.33. The Morgan fingerprint density at radius 2 is 1.62 bits per heavy atom. The standard InChI is InChI=1S/C10H20P2Si/c1-11(2,3)9-7-8-10(13-9)12(4,5)6/h7-8H,1-6H3. The van der Waals surface area contributed by atoms with Crippen molar-refractivity contribution in [2.24, 2.45) is 0 Å². The molecule has 3 heteroatoms. The largest absolute Gasteiger partial charge is 0.349 e. The number of hydrogen-bond donors (Lipinski definition) is 0. The molecule has 0 spiro atoms. The summed E-state index contributed by atoms with van der Waals surface area (Å²) in [5, 5.41) is 0. The first-order valence-electron chi connectivity index (χ1n) is 4.54. The van der Waals surface area contributed by atoms with E-state index in [1.165, 1.54) is 0 Å². The third-order valence-corrected chi connectivity index (χ3v) is 10.8. The first-order valence-corrected chi connectivity index (χ1v) is 11.8. The second kappa shape index (κ2) is 3.61. The highest BCUT2D eigenvalue weighted by atomic mass is 31.2. The maximum Gasteiger partial charge on any atom is 0.0497 e. The van der Waals surface area contributed by atoms with Crippen LogP contribution >= 0.6 is 14.1 Å². The SMILES string of the molecule is CP(C)(C)=C1C=CC([P+](C)(C)C)=[Si-]1. The Morgan fingerprint density at radius 3 is 1.85 bits per heavy atom. The van der Waals surface area contributed by atoms with Crippen molar-refractivity contribution in [3.05, 3.63) is 12.2 Å². The third kappa shape index (κ3) is 3.01. The summed E-state index contributed by atoms with van der Waals surface area (Å²) < 4.78 is 0. The fourth-order valence-corrected chi connectivity index (χ4v) is 6.46. The van der Waals surface area contributed by atoms with Crippen LogP contribution in [-0.2, 0) is 0 Å². The summed E-state index contributed by atoms with van der Waals surface area (Å²) >= 11 is 0. The lowest BCUT2D eigenvalue weighted by atomic mass is 10.6. The Balaban J connectivity index is 3.11. The summed E-state index contributed by atoms with van der Waals surface area (Å²) in [5.41, 5.74) is 0. The average Bonchev–Trinajstić information content (AvgIpc) is 2.28. The van der Waals surface area contributed by atoms with Gasteiger partial charge in [-0.3, -0.25) is 0 Å². The molecule has 1 aliphatic heterocycles. The van der Waals surface area contributed by atoms with Gasteiger partial charge in [-0.2, -0.15) is 0 Å². The Morgan fingerprint density at radius 1 is 1.08 bits per heavy atom. The Kier molecular flexibility index (Phi) is 3.23. The van der Waals surface area contributed by atoms with Crippen molar-refractivity contribution in [1.82, 2.24) is 0 Å². The first-order chi connectivity index (χ1) is 5.71. The molecule has 0 N–H and O–H groups in total. The highest BCUT2D eigenvalue weighted by Gasteiger charge is 2.16. The van der Waals surface area contributed by atoms with Gasteiger partial charge in [0.2, 0.25) is 0 Å². The van der Waals surface area contributed by atoms with Crippen molar-refractivity contribution >= 4 is 33.1 Å². The van der Waals surface area contributed by atoms with E-state index in [2.05, 4.69) is 52.1 Å². The second-order valence-electron chi connectivity index (χ2n) is 5.25. The van der Waals surface area contributed by atoms with Crippen LogP contribution in [0.3, 0.4) is 0 Å². The summed E-state index contributed by atoms with van der Waals surface area (Å²) in [6.45, 7) is 13.8. The monoisotopic (exact) mass is 230 g/mol. The van der Waals surface area contributed by atoms with Gasteiger partial charge in [-0.15, -0.1) is 11.8 Å². The molecular weight excluding hydrogens is 210 g/mol. The van der Waals surface area contributed by atoms with Crippen LogP contribution in [0.4, 0.5) is 0 Å². The van der Waals surface area contributed by atoms with Crippen molar-refractivity contribution in [2.75, 3.05) is 40.0 Å². The van der Waals surface area contributed by atoms with Crippen LogP contribution in [0, 0.1) is 0 Å². The van der Waals surface area contributed by atoms with E-state index in [9.17, 15) is 0 Å². The van der Waals surface area contributed by atoms with E-state index in [1.54, 1.807) is 9.83 Å². The summed E-state index contributed by atoms with van der Waals surface area (Å²) in [6.07, 6.45) is 4.79. The highest BCUT2D eigenvalue weighted by molar-refractivity contribution is 7.93. The van der Waals surface area contributed by atoms with E-state index in [4.69, 9.17) is 0 Å². The zero-order valence-electron chi connectivity index (χ0n) is 9.55. The van der Waals surface area contributed by atoms with Crippen LogP contribution in [0.2, 0.25) is 0 Å². The van der Waals surface area contributed by atoms with Crippen LogP contribution in [0.1, 0.15) is 0 Å². The molecule has 0 aromatic rings. The quantitative estimate of drug-likeness (QED) is 0.479. The topological polar surface area (TPSA) is 0 Å². The van der Waals surface area contributed by atoms with Crippen LogP contribution in [0.15, 0.2) is 12.2 Å². The molecule has 0 aromatic heterocycles. The lowest BCUT2D eigenvalue weighted by molar-refractivity contribution is 2.06. The maximum absolute atomic E-state index is 2.42. The molecule has 0 saturated heterocycles. The van der Waals surface area contributed by atoms with Crippen molar-refractivity contribution in [3.63, 3.8) is 0 Å². The smallest absolute Gasteiger partial charge is 0.0497 e. The summed E-state index contributed by atoms with van der Waals surface area (Å²) in [6, 6.07) is 0. The zero-order valence-corrected chi connectivity index (χ0v) is 12.3. The summed E-state index contributed by atoms with van der Waals surface area (Å²) in [5.74, 6) is 0. The van der Waals surface area contributed by atoms with E-state index in [0.29, 0.717) is 0 Å². The highest BCUT2D eigenvalue weighted by Crippen LogP contribution is 2.49. The molecule has 0 nitrogen and oxygen atoms in total. The van der Waals surface area contributed by atoms with Crippen LogP contribution in [0.25, 0.3) is 0 Å². The van der Waals surface area contributed by atoms with Gasteiger partial charge in [0.25, 0.3) is 0 Å². The van der Waals surface area contributed by atoms with Crippen molar-refractivity contribution < 1.29 is 0 Å². The van der Waals surface area contributed by atoms with Gasteiger partial charge >= 0.3 is 0 Å². The van der Waals surface area contributed by atoms with Gasteiger partial charge in [0.05, 0.1) is 0 Å². The Labute approximate surface area is 85.6 Å². The van der Waals surface area contributed by atoms with Crippen LogP contribution in [0.5, 0.6) is 0 Å². The second-order valence-corrected chi connectivity index (χ2v) is 16.4. The minimum atomic E-state index is -0.731. The van der Waals surface area contributed by atoms with E-state index < -0.39 is 14.1 Å². The van der Waals surface area contributed by atoms with Gasteiger partial charge in [-0.1, -0.05) is 12.2 Å². The first kappa shape index (κ1) is 11.6. The fourth-order valence-electron chi connectivity index (χ4n) is 1.16. The lowest BCUT2D eigenvalue weighted by Crippen LogP contribution is -2.06. The molecule has 0 radical (unpaired) electrons. The molecule has 1 heterocycles. The molecule has 0 aliphatic carbocycles. The molecule has 0 saturated carbocycles. The van der Waals surface area contributed by atoms with Crippen LogP contribution < -0.4 is 0 Å². The fraction of sp³-hybridized carbons (Fsp3) is 0.600. The van der Waals surface area contributed by atoms with Crippen molar-refractivity contribution in [3.8, 4) is 0 Å². The van der Waals surface area contributed by atoms with E-state index >= 15 is 0 Å². The molecular formula is C10H20P2Si. The van der Waals surface area contributed by atoms with Crippen molar-refractivity contribution in [1.29, 1.82) is 0 Å². The minimum Gasteiger partial charge on any atom is -0.349 e. The molecule has 0 fully saturated rings.